The van der Waals surface area contributed by atoms with Crippen LogP contribution in [0.2, 0.25) is 0 Å². The maximum atomic E-state index is 13.2. The van der Waals surface area contributed by atoms with Gasteiger partial charge in [-0.15, -0.1) is 5.06 Å². The van der Waals surface area contributed by atoms with Crippen LogP contribution in [-0.4, -0.2) is 18.2 Å². The van der Waals surface area contributed by atoms with E-state index in [1.807, 2.05) is 0 Å². The fraction of sp³-hybridized carbons (Fsp3) is 0.400. The predicted molar refractivity (Wildman–Crippen MR) is 49.8 cm³/mol. The van der Waals surface area contributed by atoms with Crippen molar-refractivity contribution in [2.75, 3.05) is 13.1 Å². The Morgan fingerprint density at radius 1 is 0.765 bits per heavy atom. The van der Waals surface area contributed by atoms with Crippen LogP contribution in [0.25, 0.3) is 0 Å². The lowest BCUT2D eigenvalue weighted by Crippen LogP contribution is -2.28. The van der Waals surface area contributed by atoms with Crippen molar-refractivity contribution in [3.63, 3.8) is 0 Å². The zero-order chi connectivity index (χ0) is 13.2. The lowest BCUT2D eigenvalue weighted by atomic mass is 10.3. The molecule has 0 heterocycles. The first-order chi connectivity index (χ1) is 7.93. The second-order valence-electron chi connectivity index (χ2n) is 3.10. The van der Waals surface area contributed by atoms with Gasteiger partial charge in [-0.25, -0.2) is 13.2 Å². The summed E-state index contributed by atoms with van der Waals surface area (Å²) in [7, 11) is 0. The molecule has 0 atom stereocenters. The van der Waals surface area contributed by atoms with E-state index in [-0.39, 0.29) is 13.1 Å². The number of benzene rings is 1. The molecule has 0 saturated carbocycles. The molecule has 0 unspecified atom stereocenters. The quantitative estimate of drug-likeness (QED) is 0.355. The van der Waals surface area contributed by atoms with Gasteiger partial charge < -0.3 is 4.84 Å². The van der Waals surface area contributed by atoms with Gasteiger partial charge >= 0.3 is 0 Å². The van der Waals surface area contributed by atoms with Crippen molar-refractivity contribution >= 4 is 0 Å². The molecule has 1 aromatic carbocycles. The smallest absolute Gasteiger partial charge is 0.224 e. The van der Waals surface area contributed by atoms with Gasteiger partial charge in [0.1, 0.15) is 0 Å². The van der Waals surface area contributed by atoms with Crippen molar-refractivity contribution in [1.82, 2.24) is 5.06 Å². The zero-order valence-electron chi connectivity index (χ0n) is 9.16. The Hall–Kier alpha value is -1.37. The molecule has 7 heteroatoms. The Bertz CT molecular complexity index is 391. The maximum absolute atomic E-state index is 13.2. The largest absolute Gasteiger partial charge is 0.400 e. The number of rotatable bonds is 4. The van der Waals surface area contributed by atoms with E-state index < -0.39 is 34.8 Å². The van der Waals surface area contributed by atoms with Crippen LogP contribution in [0.5, 0.6) is 5.75 Å². The molecule has 0 bridgehead atoms. The number of hydrogen-bond donors (Lipinski definition) is 0. The van der Waals surface area contributed by atoms with Crippen LogP contribution < -0.4 is 4.84 Å². The van der Waals surface area contributed by atoms with Gasteiger partial charge in [0, 0.05) is 13.1 Å². The molecule has 0 fully saturated rings. The first-order valence-corrected chi connectivity index (χ1v) is 4.88. The van der Waals surface area contributed by atoms with Crippen molar-refractivity contribution in [3.8, 4) is 5.75 Å². The van der Waals surface area contributed by atoms with Crippen LogP contribution >= 0.6 is 0 Å². The summed E-state index contributed by atoms with van der Waals surface area (Å²) in [6.45, 7) is 3.68. The summed E-state index contributed by atoms with van der Waals surface area (Å²) in [6, 6.07) is 0. The summed E-state index contributed by atoms with van der Waals surface area (Å²) in [5, 5.41) is 1.05. The molecule has 0 saturated heterocycles. The first kappa shape index (κ1) is 13.7. The molecule has 1 rings (SSSR count). The molecule has 96 valence electrons. The van der Waals surface area contributed by atoms with E-state index in [4.69, 9.17) is 0 Å². The summed E-state index contributed by atoms with van der Waals surface area (Å²) < 4.78 is 64.6. The van der Waals surface area contributed by atoms with Gasteiger partial charge in [-0.2, -0.15) is 8.78 Å². The highest BCUT2D eigenvalue weighted by atomic mass is 19.2. The Morgan fingerprint density at radius 3 is 1.47 bits per heavy atom. The summed E-state index contributed by atoms with van der Waals surface area (Å²) in [4.78, 5) is 4.63. The second kappa shape index (κ2) is 5.31. The highest BCUT2D eigenvalue weighted by Crippen LogP contribution is 2.29. The average molecular weight is 255 g/mol. The van der Waals surface area contributed by atoms with Crippen molar-refractivity contribution in [2.45, 2.75) is 13.8 Å². The van der Waals surface area contributed by atoms with Crippen molar-refractivity contribution in [1.29, 1.82) is 0 Å². The van der Waals surface area contributed by atoms with Crippen LogP contribution in [0.3, 0.4) is 0 Å². The standard InChI is InChI=1S/C10H10F5NO/c1-3-16(4-2)17-10-8(14)6(12)5(11)7(13)9(10)15/h3-4H2,1-2H3. The van der Waals surface area contributed by atoms with Crippen LogP contribution in [0.4, 0.5) is 22.0 Å². The minimum atomic E-state index is -2.20. The minimum absolute atomic E-state index is 0.232. The van der Waals surface area contributed by atoms with E-state index >= 15 is 0 Å². The van der Waals surface area contributed by atoms with Gasteiger partial charge in [0.05, 0.1) is 0 Å². The van der Waals surface area contributed by atoms with Gasteiger partial charge in [-0.3, -0.25) is 0 Å². The molecule has 2 nitrogen and oxygen atoms in total. The topological polar surface area (TPSA) is 12.5 Å². The Morgan fingerprint density at radius 2 is 1.12 bits per heavy atom. The summed E-state index contributed by atoms with van der Waals surface area (Å²) in [6.07, 6.45) is 0. The molecule has 0 aliphatic heterocycles. The molecule has 0 spiro atoms. The number of halogens is 5. The average Bonchev–Trinajstić information content (AvgIpc) is 2.34. The van der Waals surface area contributed by atoms with E-state index in [0.29, 0.717) is 0 Å². The van der Waals surface area contributed by atoms with E-state index in [9.17, 15) is 22.0 Å². The number of hydroxylamine groups is 2. The van der Waals surface area contributed by atoms with Crippen LogP contribution in [-0.2, 0) is 0 Å². The fourth-order valence-electron chi connectivity index (χ4n) is 1.15. The van der Waals surface area contributed by atoms with Crippen molar-refractivity contribution in [2.24, 2.45) is 0 Å². The highest BCUT2D eigenvalue weighted by molar-refractivity contribution is 5.29. The summed E-state index contributed by atoms with van der Waals surface area (Å²) in [5.41, 5.74) is 0. The molecule has 0 aliphatic rings. The Kier molecular flexibility index (Phi) is 4.28. The fourth-order valence-corrected chi connectivity index (χ4v) is 1.15. The third-order valence-electron chi connectivity index (χ3n) is 2.10. The Labute approximate surface area is 94.5 Å². The summed E-state index contributed by atoms with van der Waals surface area (Å²) in [5.74, 6) is -11.5. The van der Waals surface area contributed by atoms with E-state index in [1.165, 1.54) is 0 Å². The van der Waals surface area contributed by atoms with Crippen LogP contribution in [0.15, 0.2) is 0 Å². The lowest BCUT2D eigenvalue weighted by molar-refractivity contribution is -0.0567. The van der Waals surface area contributed by atoms with E-state index in [1.54, 1.807) is 13.8 Å². The normalized spacial score (nSPS) is 11.1. The minimum Gasteiger partial charge on any atom is -0.400 e. The van der Waals surface area contributed by atoms with Gasteiger partial charge in [0.25, 0.3) is 0 Å². The Balaban J connectivity index is 3.24. The third-order valence-corrected chi connectivity index (χ3v) is 2.10. The highest BCUT2D eigenvalue weighted by Gasteiger charge is 2.28. The van der Waals surface area contributed by atoms with Gasteiger partial charge in [-0.1, -0.05) is 0 Å². The molecule has 0 radical (unpaired) electrons. The first-order valence-electron chi connectivity index (χ1n) is 4.88. The number of hydrogen-bond acceptors (Lipinski definition) is 2. The van der Waals surface area contributed by atoms with Crippen LogP contribution in [0, 0.1) is 29.1 Å². The molecule has 1 aromatic rings. The van der Waals surface area contributed by atoms with Gasteiger partial charge in [0.15, 0.2) is 0 Å². The molecule has 0 aromatic heterocycles. The molecule has 17 heavy (non-hydrogen) atoms. The van der Waals surface area contributed by atoms with Crippen molar-refractivity contribution in [3.05, 3.63) is 29.1 Å². The molecular weight excluding hydrogens is 245 g/mol. The monoisotopic (exact) mass is 255 g/mol. The van der Waals surface area contributed by atoms with Gasteiger partial charge in [-0.05, 0) is 13.8 Å². The maximum Gasteiger partial charge on any atom is 0.224 e. The molecular formula is C10H10F5NO. The van der Waals surface area contributed by atoms with Gasteiger partial charge in [0.2, 0.25) is 34.8 Å². The van der Waals surface area contributed by atoms with E-state index in [0.717, 1.165) is 5.06 Å². The lowest BCUT2D eigenvalue weighted by Gasteiger charge is -2.19. The third kappa shape index (κ3) is 2.49. The second-order valence-corrected chi connectivity index (χ2v) is 3.10. The van der Waals surface area contributed by atoms with Crippen molar-refractivity contribution < 1.29 is 26.8 Å². The number of nitrogens with zero attached hydrogens (tertiary/aromatic N) is 1. The predicted octanol–water partition coefficient (Wildman–Crippen LogP) is 3.02. The van der Waals surface area contributed by atoms with E-state index in [2.05, 4.69) is 4.84 Å². The summed E-state index contributed by atoms with van der Waals surface area (Å²) >= 11 is 0. The molecule has 0 amide bonds. The van der Waals surface area contributed by atoms with Crippen LogP contribution in [0.1, 0.15) is 13.8 Å². The SMILES string of the molecule is CCN(CC)Oc1c(F)c(F)c(F)c(F)c1F. The molecule has 0 aliphatic carbocycles. The molecule has 0 N–H and O–H groups in total. The zero-order valence-corrected chi connectivity index (χ0v) is 9.16.